The fourth-order valence-electron chi connectivity index (χ4n) is 2.35. The quantitative estimate of drug-likeness (QED) is 0.687. The number of nitrogens with zero attached hydrogens (tertiary/aromatic N) is 1. The van der Waals surface area contributed by atoms with E-state index < -0.39 is 6.10 Å². The molecule has 1 aromatic heterocycles. The minimum absolute atomic E-state index is 0.0654. The van der Waals surface area contributed by atoms with Gasteiger partial charge < -0.3 is 14.6 Å². The summed E-state index contributed by atoms with van der Waals surface area (Å²) in [7, 11) is 0. The summed E-state index contributed by atoms with van der Waals surface area (Å²) in [5.41, 5.74) is 1.18. The lowest BCUT2D eigenvalue weighted by Gasteiger charge is -2.14. The fourth-order valence-corrected chi connectivity index (χ4v) is 2.35. The van der Waals surface area contributed by atoms with E-state index in [0.717, 1.165) is 0 Å². The summed E-state index contributed by atoms with van der Waals surface area (Å²) in [4.78, 5) is 24.5. The van der Waals surface area contributed by atoms with Crippen molar-refractivity contribution in [2.45, 2.75) is 20.0 Å². The van der Waals surface area contributed by atoms with Crippen LogP contribution in [0.5, 0.6) is 5.75 Å². The molecule has 1 atom stereocenters. The third-order valence-electron chi connectivity index (χ3n) is 3.71. The molecule has 1 heterocycles. The van der Waals surface area contributed by atoms with Crippen LogP contribution in [-0.2, 0) is 4.79 Å². The average Bonchev–Trinajstić information content (AvgIpc) is 3.07. The number of anilines is 1. The number of aryl methyl sites for hydroxylation is 1. The molecule has 0 saturated heterocycles. The summed E-state index contributed by atoms with van der Waals surface area (Å²) in [6, 6.07) is 17.3. The first-order valence-corrected chi connectivity index (χ1v) is 8.13. The highest BCUT2D eigenvalue weighted by atomic mass is 16.5. The van der Waals surface area contributed by atoms with Crippen molar-refractivity contribution in [3.63, 3.8) is 0 Å². The van der Waals surface area contributed by atoms with Gasteiger partial charge in [-0.3, -0.25) is 9.59 Å². The number of hydrogen-bond donors (Lipinski definition) is 1. The molecule has 0 radical (unpaired) electrons. The summed E-state index contributed by atoms with van der Waals surface area (Å²) in [6.07, 6.45) is -0.734. The van der Waals surface area contributed by atoms with Gasteiger partial charge in [-0.1, -0.05) is 35.5 Å². The number of ketones is 1. The Morgan fingerprint density at radius 3 is 2.31 bits per heavy atom. The van der Waals surface area contributed by atoms with Gasteiger partial charge in [0.25, 0.3) is 5.91 Å². The number of rotatable bonds is 6. The number of carbonyl (C=O) groups is 2. The maximum absolute atomic E-state index is 12.4. The number of aromatic nitrogens is 1. The standard InChI is InChI=1S/C20H18N2O4/c1-13-12-18(22-26-13)21-20(24)14(2)25-17-10-8-16(9-11-17)19(23)15-6-4-3-5-7-15/h3-12,14H,1-2H3,(H,21,22,24)/t14-/m0/s1. The topological polar surface area (TPSA) is 81.4 Å². The van der Waals surface area contributed by atoms with Crippen LogP contribution in [0.25, 0.3) is 0 Å². The Morgan fingerprint density at radius 2 is 1.69 bits per heavy atom. The van der Waals surface area contributed by atoms with E-state index in [4.69, 9.17) is 9.26 Å². The van der Waals surface area contributed by atoms with E-state index in [1.54, 1.807) is 56.3 Å². The smallest absolute Gasteiger partial charge is 0.266 e. The molecule has 6 heteroatoms. The number of benzene rings is 2. The molecule has 26 heavy (non-hydrogen) atoms. The lowest BCUT2D eigenvalue weighted by Crippen LogP contribution is -2.30. The molecule has 3 aromatic rings. The Hall–Kier alpha value is -3.41. The molecule has 2 aromatic carbocycles. The maximum atomic E-state index is 12.4. The van der Waals surface area contributed by atoms with Gasteiger partial charge in [0.2, 0.25) is 0 Å². The van der Waals surface area contributed by atoms with Crippen molar-refractivity contribution in [2.24, 2.45) is 0 Å². The second-order valence-corrected chi connectivity index (χ2v) is 5.79. The lowest BCUT2D eigenvalue weighted by atomic mass is 10.0. The first-order valence-electron chi connectivity index (χ1n) is 8.13. The van der Waals surface area contributed by atoms with E-state index in [1.807, 2.05) is 18.2 Å². The fraction of sp³-hybridized carbons (Fsp3) is 0.150. The number of amides is 1. The third-order valence-corrected chi connectivity index (χ3v) is 3.71. The highest BCUT2D eigenvalue weighted by Crippen LogP contribution is 2.17. The molecule has 0 saturated carbocycles. The van der Waals surface area contributed by atoms with Crippen molar-refractivity contribution in [3.8, 4) is 5.75 Å². The molecule has 0 aliphatic carbocycles. The average molecular weight is 350 g/mol. The van der Waals surface area contributed by atoms with Crippen LogP contribution in [0.1, 0.15) is 28.6 Å². The SMILES string of the molecule is Cc1cc(NC(=O)[C@H](C)Oc2ccc(C(=O)c3ccccc3)cc2)no1. The van der Waals surface area contributed by atoms with Gasteiger partial charge in [0, 0.05) is 17.2 Å². The molecular formula is C20H18N2O4. The predicted molar refractivity (Wildman–Crippen MR) is 96.3 cm³/mol. The second-order valence-electron chi connectivity index (χ2n) is 5.79. The monoisotopic (exact) mass is 350 g/mol. The zero-order valence-corrected chi connectivity index (χ0v) is 14.4. The molecule has 6 nitrogen and oxygen atoms in total. The van der Waals surface area contributed by atoms with E-state index in [9.17, 15) is 9.59 Å². The van der Waals surface area contributed by atoms with Crippen molar-refractivity contribution in [1.82, 2.24) is 5.16 Å². The lowest BCUT2D eigenvalue weighted by molar-refractivity contribution is -0.122. The van der Waals surface area contributed by atoms with Crippen molar-refractivity contribution in [1.29, 1.82) is 0 Å². The second kappa shape index (κ2) is 7.65. The summed E-state index contributed by atoms with van der Waals surface area (Å²) in [6.45, 7) is 3.37. The van der Waals surface area contributed by atoms with Gasteiger partial charge >= 0.3 is 0 Å². The highest BCUT2D eigenvalue weighted by molar-refractivity contribution is 6.09. The summed E-state index contributed by atoms with van der Waals surface area (Å²) in [5, 5.41) is 6.32. The van der Waals surface area contributed by atoms with Gasteiger partial charge in [-0.2, -0.15) is 0 Å². The number of carbonyl (C=O) groups excluding carboxylic acids is 2. The molecule has 0 fully saturated rings. The maximum Gasteiger partial charge on any atom is 0.266 e. The van der Waals surface area contributed by atoms with E-state index in [1.165, 1.54) is 0 Å². The van der Waals surface area contributed by atoms with Crippen LogP contribution >= 0.6 is 0 Å². The van der Waals surface area contributed by atoms with E-state index in [2.05, 4.69) is 10.5 Å². The molecular weight excluding hydrogens is 332 g/mol. The van der Waals surface area contributed by atoms with E-state index >= 15 is 0 Å². The summed E-state index contributed by atoms with van der Waals surface area (Å²) in [5.74, 6) is 1.03. The Bertz CT molecular complexity index is 901. The van der Waals surface area contributed by atoms with Gasteiger partial charge in [0.05, 0.1) is 0 Å². The Kier molecular flexibility index (Phi) is 5.12. The third kappa shape index (κ3) is 4.16. The largest absolute Gasteiger partial charge is 0.481 e. The Balaban J connectivity index is 1.61. The number of ether oxygens (including phenoxy) is 1. The zero-order chi connectivity index (χ0) is 18.5. The van der Waals surface area contributed by atoms with Crippen LogP contribution in [0.4, 0.5) is 5.82 Å². The Labute approximate surface area is 150 Å². The normalized spacial score (nSPS) is 11.6. The van der Waals surface area contributed by atoms with E-state index in [-0.39, 0.29) is 11.7 Å². The van der Waals surface area contributed by atoms with Gasteiger partial charge in [0.1, 0.15) is 11.5 Å². The van der Waals surface area contributed by atoms with Crippen molar-refractivity contribution < 1.29 is 18.8 Å². The number of nitrogens with one attached hydrogen (secondary N) is 1. The van der Waals surface area contributed by atoms with Gasteiger partial charge in [-0.05, 0) is 38.1 Å². The minimum atomic E-state index is -0.734. The molecule has 132 valence electrons. The van der Waals surface area contributed by atoms with Gasteiger partial charge in [-0.25, -0.2) is 0 Å². The Morgan fingerprint density at radius 1 is 1.04 bits per heavy atom. The van der Waals surface area contributed by atoms with Crippen LogP contribution in [0.15, 0.2) is 65.2 Å². The molecule has 0 aliphatic heterocycles. The van der Waals surface area contributed by atoms with E-state index in [0.29, 0.717) is 28.5 Å². The van der Waals surface area contributed by atoms with Crippen LogP contribution in [0, 0.1) is 6.92 Å². The molecule has 0 aliphatic rings. The minimum Gasteiger partial charge on any atom is -0.481 e. The first-order chi connectivity index (χ1) is 12.5. The van der Waals surface area contributed by atoms with Gasteiger partial charge in [-0.15, -0.1) is 0 Å². The zero-order valence-electron chi connectivity index (χ0n) is 14.4. The van der Waals surface area contributed by atoms with Crippen molar-refractivity contribution >= 4 is 17.5 Å². The van der Waals surface area contributed by atoms with Crippen LogP contribution in [-0.4, -0.2) is 23.0 Å². The molecule has 0 bridgehead atoms. The molecule has 1 amide bonds. The summed E-state index contributed by atoms with van der Waals surface area (Å²) >= 11 is 0. The van der Waals surface area contributed by atoms with Crippen LogP contribution < -0.4 is 10.1 Å². The van der Waals surface area contributed by atoms with Crippen LogP contribution in [0.3, 0.4) is 0 Å². The first kappa shape index (κ1) is 17.4. The van der Waals surface area contributed by atoms with Crippen molar-refractivity contribution in [2.75, 3.05) is 5.32 Å². The van der Waals surface area contributed by atoms with Gasteiger partial charge in [0.15, 0.2) is 17.7 Å². The summed E-state index contributed by atoms with van der Waals surface area (Å²) < 4.78 is 10.5. The van der Waals surface area contributed by atoms with Crippen molar-refractivity contribution in [3.05, 3.63) is 77.6 Å². The molecule has 0 spiro atoms. The molecule has 3 rings (SSSR count). The van der Waals surface area contributed by atoms with Crippen LogP contribution in [0.2, 0.25) is 0 Å². The molecule has 1 N–H and O–H groups in total. The highest BCUT2D eigenvalue weighted by Gasteiger charge is 2.17. The number of hydrogen-bond acceptors (Lipinski definition) is 5. The predicted octanol–water partition coefficient (Wildman–Crippen LogP) is 3.62. The molecule has 0 unspecified atom stereocenters.